The summed E-state index contributed by atoms with van der Waals surface area (Å²) in [6.45, 7) is 5.51. The van der Waals surface area contributed by atoms with Gasteiger partial charge >= 0.3 is 0 Å². The zero-order valence-corrected chi connectivity index (χ0v) is 19.1. The highest BCUT2D eigenvalue weighted by atomic mass is 16.3. The van der Waals surface area contributed by atoms with Crippen LogP contribution in [0.1, 0.15) is 62.2 Å². The Balaban J connectivity index is 1.24. The van der Waals surface area contributed by atoms with E-state index in [2.05, 4.69) is 17.1 Å². The van der Waals surface area contributed by atoms with Crippen molar-refractivity contribution in [2.75, 3.05) is 18.4 Å². The van der Waals surface area contributed by atoms with Crippen molar-refractivity contribution in [3.8, 4) is 0 Å². The van der Waals surface area contributed by atoms with Crippen molar-refractivity contribution in [3.05, 3.63) is 88.9 Å². The zero-order chi connectivity index (χ0) is 23.7. The van der Waals surface area contributed by atoms with Gasteiger partial charge in [-0.05, 0) is 73.3 Å². The number of rotatable bonds is 6. The molecule has 1 fully saturated rings. The summed E-state index contributed by atoms with van der Waals surface area (Å²) < 4.78 is 5.26. The van der Waals surface area contributed by atoms with Gasteiger partial charge in [0.15, 0.2) is 0 Å². The number of fused-ring (bicyclic) bond motifs is 1. The fourth-order valence-corrected chi connectivity index (χ4v) is 4.72. The smallest absolute Gasteiger partial charge is 0.261 e. The van der Waals surface area contributed by atoms with E-state index in [0.717, 1.165) is 30.5 Å². The molecule has 34 heavy (non-hydrogen) atoms. The van der Waals surface area contributed by atoms with Gasteiger partial charge in [0.2, 0.25) is 0 Å². The number of benzene rings is 2. The minimum absolute atomic E-state index is 0.0591. The summed E-state index contributed by atoms with van der Waals surface area (Å²) in [5.74, 6) is 0.111. The quantitative estimate of drug-likeness (QED) is 0.549. The van der Waals surface area contributed by atoms with Gasteiger partial charge in [-0.3, -0.25) is 24.2 Å². The average Bonchev–Trinajstić information content (AvgIpc) is 3.43. The lowest BCUT2D eigenvalue weighted by Crippen LogP contribution is -2.33. The van der Waals surface area contributed by atoms with E-state index in [1.807, 2.05) is 24.3 Å². The van der Waals surface area contributed by atoms with E-state index >= 15 is 0 Å². The first-order valence-electron chi connectivity index (χ1n) is 11.6. The molecule has 1 unspecified atom stereocenters. The van der Waals surface area contributed by atoms with E-state index in [-0.39, 0.29) is 23.9 Å². The summed E-state index contributed by atoms with van der Waals surface area (Å²) >= 11 is 0. The van der Waals surface area contributed by atoms with Crippen LogP contribution in [-0.2, 0) is 13.1 Å². The Morgan fingerprint density at radius 1 is 1.03 bits per heavy atom. The largest absolute Gasteiger partial charge is 0.467 e. The summed E-state index contributed by atoms with van der Waals surface area (Å²) in [6.07, 6.45) is 4.04. The molecule has 0 aliphatic carbocycles. The first-order chi connectivity index (χ1) is 16.5. The van der Waals surface area contributed by atoms with Crippen LogP contribution in [0.2, 0.25) is 0 Å². The van der Waals surface area contributed by atoms with Gasteiger partial charge in [-0.25, -0.2) is 0 Å². The maximum absolute atomic E-state index is 12.8. The molecule has 3 heterocycles. The number of likely N-dealkylation sites (tertiary alicyclic amines) is 1. The van der Waals surface area contributed by atoms with Crippen molar-refractivity contribution in [2.24, 2.45) is 5.92 Å². The molecule has 0 bridgehead atoms. The molecule has 2 aromatic carbocycles. The van der Waals surface area contributed by atoms with Gasteiger partial charge in [-0.1, -0.05) is 19.1 Å². The monoisotopic (exact) mass is 457 g/mol. The first-order valence-corrected chi connectivity index (χ1v) is 11.6. The number of hydrogen-bond acceptors (Lipinski definition) is 5. The molecule has 3 aromatic rings. The van der Waals surface area contributed by atoms with Gasteiger partial charge < -0.3 is 9.73 Å². The Hall–Kier alpha value is -3.71. The molecule has 2 aliphatic heterocycles. The highest BCUT2D eigenvalue weighted by Gasteiger charge is 2.36. The van der Waals surface area contributed by atoms with Gasteiger partial charge in [0.25, 0.3) is 17.7 Å². The topological polar surface area (TPSA) is 82.9 Å². The molecule has 0 radical (unpaired) electrons. The van der Waals surface area contributed by atoms with Gasteiger partial charge in [-0.15, -0.1) is 0 Å². The highest BCUT2D eigenvalue weighted by Crippen LogP contribution is 2.26. The van der Waals surface area contributed by atoms with Crippen molar-refractivity contribution in [2.45, 2.75) is 32.9 Å². The molecular weight excluding hydrogens is 430 g/mol. The Kier molecular flexibility index (Phi) is 6.02. The number of carbonyl (C=O) groups excluding carboxylic acids is 3. The summed E-state index contributed by atoms with van der Waals surface area (Å²) in [5.41, 5.74) is 2.75. The van der Waals surface area contributed by atoms with Crippen LogP contribution in [0.5, 0.6) is 0 Å². The fourth-order valence-electron chi connectivity index (χ4n) is 4.72. The van der Waals surface area contributed by atoms with Crippen molar-refractivity contribution < 1.29 is 18.8 Å². The van der Waals surface area contributed by atoms with E-state index in [1.54, 1.807) is 18.2 Å². The van der Waals surface area contributed by atoms with E-state index in [9.17, 15) is 14.4 Å². The standard InChI is InChI=1S/C27H27N3O4/c1-18-4-2-12-29(15-18)16-19-6-9-21(10-7-19)28-25(31)20-8-11-23-24(14-20)27(33)30(26(23)32)17-22-5-3-13-34-22/h3,5-11,13-14,18H,2,4,12,15-17H2,1H3,(H,28,31). The minimum Gasteiger partial charge on any atom is -0.467 e. The molecule has 0 spiro atoms. The minimum atomic E-state index is -0.428. The summed E-state index contributed by atoms with van der Waals surface area (Å²) in [7, 11) is 0. The Bertz CT molecular complexity index is 1220. The lowest BCUT2D eigenvalue weighted by atomic mass is 10.00. The van der Waals surface area contributed by atoms with Crippen LogP contribution in [0.3, 0.4) is 0 Å². The van der Waals surface area contributed by atoms with Crippen molar-refractivity contribution in [1.82, 2.24) is 9.80 Å². The van der Waals surface area contributed by atoms with Gasteiger partial charge in [0.1, 0.15) is 5.76 Å². The second kappa shape index (κ2) is 9.27. The van der Waals surface area contributed by atoms with Crippen LogP contribution in [-0.4, -0.2) is 40.6 Å². The number of anilines is 1. The van der Waals surface area contributed by atoms with Crippen LogP contribution in [0.25, 0.3) is 0 Å². The second-order valence-electron chi connectivity index (χ2n) is 9.17. The van der Waals surface area contributed by atoms with Crippen LogP contribution >= 0.6 is 0 Å². The van der Waals surface area contributed by atoms with E-state index in [1.165, 1.54) is 36.8 Å². The molecule has 174 valence electrons. The lowest BCUT2D eigenvalue weighted by Gasteiger charge is -2.30. The molecule has 3 amide bonds. The van der Waals surface area contributed by atoms with Gasteiger partial charge in [-0.2, -0.15) is 0 Å². The Labute approximate surface area is 198 Å². The van der Waals surface area contributed by atoms with Crippen LogP contribution in [0.15, 0.2) is 65.3 Å². The predicted molar refractivity (Wildman–Crippen MR) is 127 cm³/mol. The molecule has 1 aromatic heterocycles. The molecule has 1 saturated heterocycles. The van der Waals surface area contributed by atoms with Gasteiger partial charge in [0.05, 0.1) is 23.9 Å². The lowest BCUT2D eigenvalue weighted by molar-refractivity contribution is 0.0631. The van der Waals surface area contributed by atoms with E-state index in [4.69, 9.17) is 4.42 Å². The molecular formula is C27H27N3O4. The number of hydrogen-bond donors (Lipinski definition) is 1. The molecule has 1 atom stereocenters. The summed E-state index contributed by atoms with van der Waals surface area (Å²) in [6, 6.07) is 15.9. The molecule has 7 heteroatoms. The Morgan fingerprint density at radius 3 is 2.56 bits per heavy atom. The second-order valence-corrected chi connectivity index (χ2v) is 9.17. The number of piperidine rings is 1. The third-order valence-electron chi connectivity index (χ3n) is 6.49. The first kappa shape index (κ1) is 22.1. The van der Waals surface area contributed by atoms with Crippen molar-refractivity contribution in [1.29, 1.82) is 0 Å². The third-order valence-corrected chi connectivity index (χ3v) is 6.49. The number of furan rings is 1. The fraction of sp³-hybridized carbons (Fsp3) is 0.296. The van der Waals surface area contributed by atoms with Gasteiger partial charge in [0, 0.05) is 24.3 Å². The van der Waals surface area contributed by atoms with Crippen LogP contribution in [0.4, 0.5) is 5.69 Å². The number of nitrogens with one attached hydrogen (secondary N) is 1. The Morgan fingerprint density at radius 2 is 1.82 bits per heavy atom. The number of amides is 3. The molecule has 7 nitrogen and oxygen atoms in total. The third kappa shape index (κ3) is 4.52. The van der Waals surface area contributed by atoms with E-state index < -0.39 is 5.91 Å². The van der Waals surface area contributed by atoms with E-state index in [0.29, 0.717) is 22.6 Å². The zero-order valence-electron chi connectivity index (χ0n) is 19.1. The molecule has 5 rings (SSSR count). The molecule has 0 saturated carbocycles. The maximum atomic E-state index is 12.8. The summed E-state index contributed by atoms with van der Waals surface area (Å²) in [5, 5.41) is 2.88. The average molecular weight is 458 g/mol. The molecule has 1 N–H and O–H groups in total. The van der Waals surface area contributed by atoms with Crippen molar-refractivity contribution >= 4 is 23.4 Å². The van der Waals surface area contributed by atoms with Crippen molar-refractivity contribution in [3.63, 3.8) is 0 Å². The van der Waals surface area contributed by atoms with Crippen LogP contribution in [0, 0.1) is 5.92 Å². The summed E-state index contributed by atoms with van der Waals surface area (Å²) in [4.78, 5) is 41.9. The number of nitrogens with zero attached hydrogens (tertiary/aromatic N) is 2. The SMILES string of the molecule is CC1CCCN(Cc2ccc(NC(=O)c3ccc4c(c3)C(=O)N(Cc3ccco3)C4=O)cc2)C1. The predicted octanol–water partition coefficient (Wildman–Crippen LogP) is 4.56. The van der Waals surface area contributed by atoms with Crippen LogP contribution < -0.4 is 5.32 Å². The highest BCUT2D eigenvalue weighted by molar-refractivity contribution is 6.22. The normalized spacial score (nSPS) is 18.3. The number of carbonyl (C=O) groups is 3. The molecule has 2 aliphatic rings. The number of imide groups is 1. The maximum Gasteiger partial charge on any atom is 0.261 e.